The highest BCUT2D eigenvalue weighted by Crippen LogP contribution is 2.09. The summed E-state index contributed by atoms with van der Waals surface area (Å²) in [6, 6.07) is 9.61. The zero-order valence-corrected chi connectivity index (χ0v) is 10.5. The lowest BCUT2D eigenvalue weighted by Gasteiger charge is -2.07. The van der Waals surface area contributed by atoms with Crippen molar-refractivity contribution in [2.24, 2.45) is 9.98 Å². The van der Waals surface area contributed by atoms with E-state index in [-0.39, 0.29) is 0 Å². The van der Waals surface area contributed by atoms with Crippen LogP contribution < -0.4 is 0 Å². The van der Waals surface area contributed by atoms with Crippen molar-refractivity contribution < 1.29 is 4.74 Å². The van der Waals surface area contributed by atoms with E-state index in [4.69, 9.17) is 4.74 Å². The molecule has 1 aromatic carbocycles. The summed E-state index contributed by atoms with van der Waals surface area (Å²) in [7, 11) is 0. The highest BCUT2D eigenvalue weighted by Gasteiger charge is 2.07. The predicted octanol–water partition coefficient (Wildman–Crippen LogP) is 3.71. The van der Waals surface area contributed by atoms with Gasteiger partial charge in [0, 0.05) is 11.3 Å². The molecule has 0 radical (unpaired) electrons. The van der Waals surface area contributed by atoms with Crippen LogP contribution in [0.3, 0.4) is 0 Å². The van der Waals surface area contributed by atoms with Crippen molar-refractivity contribution in [1.82, 2.24) is 0 Å². The van der Waals surface area contributed by atoms with Gasteiger partial charge in [-0.3, -0.25) is 0 Å². The molecule has 3 nitrogen and oxygen atoms in total. The lowest BCUT2D eigenvalue weighted by molar-refractivity contribution is 0.381. The van der Waals surface area contributed by atoms with E-state index in [2.05, 4.69) is 29.7 Å². The van der Waals surface area contributed by atoms with Gasteiger partial charge in [0.15, 0.2) is 0 Å². The summed E-state index contributed by atoms with van der Waals surface area (Å²) in [5.74, 6) is 0.421. The maximum atomic E-state index is 5.17. The van der Waals surface area contributed by atoms with E-state index >= 15 is 0 Å². The number of ether oxygens (including phenoxy) is 1. The summed E-state index contributed by atoms with van der Waals surface area (Å²) in [6.45, 7) is 12.8. The highest BCUT2D eigenvalue weighted by atomic mass is 16.5. The minimum Gasteiger partial charge on any atom is -0.464 e. The molecule has 0 heterocycles. The third-order valence-corrected chi connectivity index (χ3v) is 2.00. The molecular weight excluding hydrogens is 224 g/mol. The van der Waals surface area contributed by atoms with E-state index in [0.717, 1.165) is 5.56 Å². The molecule has 0 amide bonds. The molecule has 0 bridgehead atoms. The van der Waals surface area contributed by atoms with Crippen molar-refractivity contribution in [3.63, 3.8) is 0 Å². The van der Waals surface area contributed by atoms with Crippen LogP contribution in [0.5, 0.6) is 0 Å². The second-order valence-corrected chi connectivity index (χ2v) is 3.53. The number of nitrogens with zero attached hydrogens (tertiary/aromatic N) is 2. The molecule has 1 rings (SSSR count). The Bertz CT molecular complexity index is 498. The van der Waals surface area contributed by atoms with Crippen LogP contribution in [0.4, 0.5) is 0 Å². The minimum absolute atomic E-state index is 0.421. The maximum absolute atomic E-state index is 5.17. The summed E-state index contributed by atoms with van der Waals surface area (Å²) >= 11 is 0. The highest BCUT2D eigenvalue weighted by molar-refractivity contribution is 6.13. The van der Waals surface area contributed by atoms with Gasteiger partial charge >= 0.3 is 0 Å². The third-order valence-electron chi connectivity index (χ3n) is 2.00. The van der Waals surface area contributed by atoms with E-state index in [0.29, 0.717) is 17.2 Å². The van der Waals surface area contributed by atoms with E-state index in [1.165, 1.54) is 12.6 Å². The summed E-state index contributed by atoms with van der Waals surface area (Å²) in [5, 5.41) is 0. The van der Waals surface area contributed by atoms with Gasteiger partial charge in [-0.15, -0.1) is 0 Å². The first-order chi connectivity index (χ1) is 8.65. The second kappa shape index (κ2) is 7.01. The molecule has 0 atom stereocenters. The molecule has 0 N–H and O–H groups in total. The number of rotatable bonds is 6. The van der Waals surface area contributed by atoms with Crippen LogP contribution in [-0.2, 0) is 4.74 Å². The van der Waals surface area contributed by atoms with Gasteiger partial charge in [-0.25, -0.2) is 9.98 Å². The Kier molecular flexibility index (Phi) is 5.32. The normalized spacial score (nSPS) is 11.3. The Balaban J connectivity index is 3.06. The fraction of sp³-hybridized carbons (Fsp3) is 0.0667. The fourth-order valence-electron chi connectivity index (χ4n) is 1.25. The molecule has 0 aliphatic carbocycles. The zero-order chi connectivity index (χ0) is 13.4. The molecule has 3 heteroatoms. The Hall–Kier alpha value is -2.42. The van der Waals surface area contributed by atoms with Gasteiger partial charge in [0.05, 0.1) is 6.26 Å². The monoisotopic (exact) mass is 240 g/mol. The van der Waals surface area contributed by atoms with E-state index in [1.807, 2.05) is 30.3 Å². The van der Waals surface area contributed by atoms with Crippen molar-refractivity contribution in [3.8, 4) is 0 Å². The molecule has 18 heavy (non-hydrogen) atoms. The number of allylic oxidation sites excluding steroid dienone is 2. The fourth-order valence-corrected chi connectivity index (χ4v) is 1.25. The SMILES string of the molecule is C=COC(=C)C(=NC=NC(=C)C)c1ccccc1. The molecule has 1 aromatic rings. The third kappa shape index (κ3) is 4.22. The lowest BCUT2D eigenvalue weighted by Crippen LogP contribution is -2.05. The van der Waals surface area contributed by atoms with Gasteiger partial charge in [-0.2, -0.15) is 0 Å². The summed E-state index contributed by atoms with van der Waals surface area (Å²) in [6.07, 6.45) is 2.75. The first-order valence-corrected chi connectivity index (χ1v) is 5.43. The Morgan fingerprint density at radius 1 is 1.22 bits per heavy atom. The summed E-state index contributed by atoms with van der Waals surface area (Å²) in [4.78, 5) is 8.25. The van der Waals surface area contributed by atoms with Crippen LogP contribution in [-0.4, -0.2) is 12.1 Å². The van der Waals surface area contributed by atoms with Crippen LogP contribution >= 0.6 is 0 Å². The first kappa shape index (κ1) is 13.6. The van der Waals surface area contributed by atoms with Gasteiger partial charge in [0.1, 0.15) is 17.8 Å². The number of aliphatic imine (C=N–C) groups is 2. The topological polar surface area (TPSA) is 34.0 Å². The quantitative estimate of drug-likeness (QED) is 0.424. The van der Waals surface area contributed by atoms with Crippen molar-refractivity contribution in [2.75, 3.05) is 0 Å². The maximum Gasteiger partial charge on any atom is 0.145 e. The van der Waals surface area contributed by atoms with Gasteiger partial charge in [0.25, 0.3) is 0 Å². The molecule has 0 spiro atoms. The number of hydrogen-bond acceptors (Lipinski definition) is 2. The number of hydrogen-bond donors (Lipinski definition) is 0. The largest absolute Gasteiger partial charge is 0.464 e. The van der Waals surface area contributed by atoms with E-state index < -0.39 is 0 Å². The van der Waals surface area contributed by atoms with Crippen molar-refractivity contribution in [2.45, 2.75) is 6.92 Å². The zero-order valence-electron chi connectivity index (χ0n) is 10.5. The van der Waals surface area contributed by atoms with Gasteiger partial charge in [-0.05, 0) is 6.92 Å². The lowest BCUT2D eigenvalue weighted by atomic mass is 10.1. The van der Waals surface area contributed by atoms with Gasteiger partial charge < -0.3 is 4.74 Å². The van der Waals surface area contributed by atoms with Gasteiger partial charge in [-0.1, -0.05) is 50.1 Å². The van der Waals surface area contributed by atoms with Crippen LogP contribution in [0.1, 0.15) is 12.5 Å². The molecule has 0 aliphatic heterocycles. The molecule has 92 valence electrons. The van der Waals surface area contributed by atoms with Crippen LogP contribution in [0, 0.1) is 0 Å². The Labute approximate surface area is 108 Å². The molecular formula is C15H16N2O. The molecule has 0 unspecified atom stereocenters. The Morgan fingerprint density at radius 2 is 1.89 bits per heavy atom. The van der Waals surface area contributed by atoms with Crippen LogP contribution in [0.2, 0.25) is 0 Å². The smallest absolute Gasteiger partial charge is 0.145 e. The van der Waals surface area contributed by atoms with E-state index in [9.17, 15) is 0 Å². The molecule has 0 saturated heterocycles. The first-order valence-electron chi connectivity index (χ1n) is 5.43. The molecule has 0 aliphatic rings. The second-order valence-electron chi connectivity index (χ2n) is 3.53. The van der Waals surface area contributed by atoms with Crippen LogP contribution in [0.25, 0.3) is 0 Å². The Morgan fingerprint density at radius 3 is 2.44 bits per heavy atom. The van der Waals surface area contributed by atoms with Crippen molar-refractivity contribution in [3.05, 3.63) is 73.4 Å². The predicted molar refractivity (Wildman–Crippen MR) is 76.7 cm³/mol. The minimum atomic E-state index is 0.421. The standard InChI is InChI=1S/C15H16N2O/c1-5-18-13(4)15(17-11-16-12(2)3)14-9-7-6-8-10-14/h5-11H,1-2,4H2,3H3. The molecule has 0 aromatic heterocycles. The van der Waals surface area contributed by atoms with Crippen molar-refractivity contribution >= 4 is 12.1 Å². The number of benzene rings is 1. The van der Waals surface area contributed by atoms with Crippen molar-refractivity contribution in [1.29, 1.82) is 0 Å². The summed E-state index contributed by atoms with van der Waals surface area (Å²) < 4.78 is 5.17. The average Bonchev–Trinajstić information content (AvgIpc) is 2.35. The molecule has 0 fully saturated rings. The molecule has 0 saturated carbocycles. The average molecular weight is 240 g/mol. The summed E-state index contributed by atoms with van der Waals surface area (Å²) in [5.41, 5.74) is 2.19. The van der Waals surface area contributed by atoms with Gasteiger partial charge in [0.2, 0.25) is 0 Å². The van der Waals surface area contributed by atoms with Crippen LogP contribution in [0.15, 0.2) is 77.8 Å². The van der Waals surface area contributed by atoms with E-state index in [1.54, 1.807) is 6.92 Å².